The first-order chi connectivity index (χ1) is 11.4. The Morgan fingerprint density at radius 3 is 2.62 bits per heavy atom. The van der Waals surface area contributed by atoms with Crippen LogP contribution in [-0.4, -0.2) is 31.3 Å². The van der Waals surface area contributed by atoms with Crippen molar-refractivity contribution >= 4 is 21.7 Å². The maximum atomic E-state index is 12.1. The summed E-state index contributed by atoms with van der Waals surface area (Å²) in [5.41, 5.74) is 1.08. The number of sulfonamides is 1. The minimum Gasteiger partial charge on any atom is -0.360 e. The highest BCUT2D eigenvalue weighted by Gasteiger charge is 2.20. The van der Waals surface area contributed by atoms with Gasteiger partial charge in [-0.1, -0.05) is 35.5 Å². The molecule has 2 rings (SSSR count). The Morgan fingerprint density at radius 2 is 2.00 bits per heavy atom. The largest absolute Gasteiger partial charge is 0.360 e. The van der Waals surface area contributed by atoms with E-state index < -0.39 is 22.0 Å². The second-order valence-electron chi connectivity index (χ2n) is 5.56. The third-order valence-corrected chi connectivity index (χ3v) is 4.89. The van der Waals surface area contributed by atoms with E-state index >= 15 is 0 Å². The van der Waals surface area contributed by atoms with Gasteiger partial charge in [0.15, 0.2) is 5.82 Å². The molecule has 1 heterocycles. The fourth-order valence-corrected chi connectivity index (χ4v) is 3.44. The monoisotopic (exact) mass is 351 g/mol. The van der Waals surface area contributed by atoms with Gasteiger partial charge in [0.2, 0.25) is 15.9 Å². The van der Waals surface area contributed by atoms with Crippen molar-refractivity contribution in [1.82, 2.24) is 9.88 Å². The highest BCUT2D eigenvalue weighted by atomic mass is 32.2. The number of amides is 1. The molecule has 8 heteroatoms. The Hall–Kier alpha value is -2.19. The van der Waals surface area contributed by atoms with E-state index in [0.29, 0.717) is 18.6 Å². The molecule has 0 radical (unpaired) electrons. The molecule has 0 aliphatic heterocycles. The lowest BCUT2D eigenvalue weighted by Gasteiger charge is -2.13. The fraction of sp³-hybridized carbons (Fsp3) is 0.375. The lowest BCUT2D eigenvalue weighted by atomic mass is 10.1. The van der Waals surface area contributed by atoms with Gasteiger partial charge < -0.3 is 9.84 Å². The van der Waals surface area contributed by atoms with E-state index in [1.54, 1.807) is 13.0 Å². The van der Waals surface area contributed by atoms with Gasteiger partial charge in [0.1, 0.15) is 5.76 Å². The van der Waals surface area contributed by atoms with E-state index in [9.17, 15) is 13.2 Å². The molecule has 0 aliphatic rings. The summed E-state index contributed by atoms with van der Waals surface area (Å²) >= 11 is 0. The molecule has 0 fully saturated rings. The van der Waals surface area contributed by atoms with E-state index in [4.69, 9.17) is 4.52 Å². The number of carbonyl (C=O) groups is 1. The molecule has 1 amide bonds. The normalized spacial score (nSPS) is 12.8. The first-order valence-electron chi connectivity index (χ1n) is 7.64. The van der Waals surface area contributed by atoms with Crippen LogP contribution in [0.1, 0.15) is 24.7 Å². The Balaban J connectivity index is 1.80. The van der Waals surface area contributed by atoms with Crippen LogP contribution in [0.2, 0.25) is 0 Å². The molecule has 0 saturated carbocycles. The molecule has 0 saturated heterocycles. The molecule has 7 nitrogen and oxygen atoms in total. The summed E-state index contributed by atoms with van der Waals surface area (Å²) in [6.45, 7) is 3.18. The van der Waals surface area contributed by atoms with E-state index in [-0.39, 0.29) is 11.6 Å². The number of carbonyl (C=O) groups excluding carboxylic acids is 1. The van der Waals surface area contributed by atoms with Gasteiger partial charge in [-0.25, -0.2) is 13.1 Å². The van der Waals surface area contributed by atoms with Gasteiger partial charge in [0, 0.05) is 6.07 Å². The Kier molecular flexibility index (Phi) is 6.10. The molecular formula is C16H21N3O4S. The Labute approximate surface area is 141 Å². The molecule has 1 atom stereocenters. The van der Waals surface area contributed by atoms with Crippen molar-refractivity contribution in [3.63, 3.8) is 0 Å². The maximum absolute atomic E-state index is 12.1. The van der Waals surface area contributed by atoms with Crippen molar-refractivity contribution in [2.45, 2.75) is 32.7 Å². The molecule has 1 aromatic carbocycles. The minimum atomic E-state index is -3.54. The van der Waals surface area contributed by atoms with Crippen LogP contribution in [0, 0.1) is 6.92 Å². The first kappa shape index (κ1) is 18.2. The lowest BCUT2D eigenvalue weighted by Crippen LogP contribution is -2.42. The minimum absolute atomic E-state index is 0.0391. The Morgan fingerprint density at radius 1 is 1.29 bits per heavy atom. The fourth-order valence-electron chi connectivity index (χ4n) is 2.15. The van der Waals surface area contributed by atoms with Gasteiger partial charge in [-0.3, -0.25) is 4.79 Å². The average Bonchev–Trinajstić information content (AvgIpc) is 2.92. The number of hydrogen-bond acceptors (Lipinski definition) is 5. The quantitative estimate of drug-likeness (QED) is 0.756. The SMILES string of the molecule is Cc1cc(NC(=O)[C@@H](C)NS(=O)(=O)CCCc2ccccc2)no1. The molecule has 24 heavy (non-hydrogen) atoms. The number of nitrogens with one attached hydrogen (secondary N) is 2. The van der Waals surface area contributed by atoms with E-state index in [1.807, 2.05) is 30.3 Å². The predicted molar refractivity (Wildman–Crippen MR) is 91.0 cm³/mol. The molecule has 0 spiro atoms. The zero-order chi connectivity index (χ0) is 17.6. The van der Waals surface area contributed by atoms with E-state index in [0.717, 1.165) is 5.56 Å². The molecule has 0 unspecified atom stereocenters. The van der Waals surface area contributed by atoms with Crippen molar-refractivity contribution < 1.29 is 17.7 Å². The van der Waals surface area contributed by atoms with Gasteiger partial charge in [-0.15, -0.1) is 0 Å². The number of anilines is 1. The second-order valence-corrected chi connectivity index (χ2v) is 7.43. The predicted octanol–water partition coefficient (Wildman–Crippen LogP) is 1.86. The van der Waals surface area contributed by atoms with Crippen molar-refractivity contribution in [2.24, 2.45) is 0 Å². The summed E-state index contributed by atoms with van der Waals surface area (Å²) in [5, 5.41) is 6.13. The van der Waals surface area contributed by atoms with Gasteiger partial charge >= 0.3 is 0 Å². The van der Waals surface area contributed by atoms with Crippen molar-refractivity contribution in [3.8, 4) is 0 Å². The molecule has 0 aliphatic carbocycles. The molecule has 2 N–H and O–H groups in total. The highest BCUT2D eigenvalue weighted by molar-refractivity contribution is 7.89. The number of benzene rings is 1. The van der Waals surface area contributed by atoms with Crippen LogP contribution in [0.4, 0.5) is 5.82 Å². The van der Waals surface area contributed by atoms with Crippen molar-refractivity contribution in [2.75, 3.05) is 11.1 Å². The molecule has 0 bridgehead atoms. The van der Waals surface area contributed by atoms with Crippen LogP contribution in [-0.2, 0) is 21.2 Å². The highest BCUT2D eigenvalue weighted by Crippen LogP contribution is 2.08. The second kappa shape index (κ2) is 8.07. The van der Waals surface area contributed by atoms with Crippen LogP contribution in [0.3, 0.4) is 0 Å². The van der Waals surface area contributed by atoms with Gasteiger partial charge in [0.05, 0.1) is 11.8 Å². The first-order valence-corrected chi connectivity index (χ1v) is 9.29. The number of hydrogen-bond donors (Lipinski definition) is 2. The third-order valence-electron chi connectivity index (χ3n) is 3.35. The smallest absolute Gasteiger partial charge is 0.243 e. The van der Waals surface area contributed by atoms with Crippen LogP contribution < -0.4 is 10.0 Å². The number of aryl methyl sites for hydroxylation is 2. The van der Waals surface area contributed by atoms with E-state index in [2.05, 4.69) is 15.2 Å². The summed E-state index contributed by atoms with van der Waals surface area (Å²) in [6, 6.07) is 10.3. The summed E-state index contributed by atoms with van der Waals surface area (Å²) in [6.07, 6.45) is 1.15. The third kappa shape index (κ3) is 5.78. The van der Waals surface area contributed by atoms with Crippen LogP contribution >= 0.6 is 0 Å². The standard InChI is InChI=1S/C16H21N3O4S/c1-12-11-15(18-23-12)17-16(20)13(2)19-24(21,22)10-6-9-14-7-4-3-5-8-14/h3-5,7-8,11,13,19H,6,9-10H2,1-2H3,(H,17,18,20)/t13-/m1/s1. The van der Waals surface area contributed by atoms with Crippen molar-refractivity contribution in [3.05, 3.63) is 47.7 Å². The zero-order valence-corrected chi connectivity index (χ0v) is 14.5. The van der Waals surface area contributed by atoms with Gasteiger partial charge in [-0.05, 0) is 32.3 Å². The number of nitrogens with zero attached hydrogens (tertiary/aromatic N) is 1. The van der Waals surface area contributed by atoms with Crippen molar-refractivity contribution in [1.29, 1.82) is 0 Å². The maximum Gasteiger partial charge on any atom is 0.243 e. The average molecular weight is 351 g/mol. The summed E-state index contributed by atoms with van der Waals surface area (Å²) in [7, 11) is -3.54. The lowest BCUT2D eigenvalue weighted by molar-refractivity contribution is -0.117. The van der Waals surface area contributed by atoms with Crippen LogP contribution in [0.15, 0.2) is 40.9 Å². The van der Waals surface area contributed by atoms with Gasteiger partial charge in [0.25, 0.3) is 0 Å². The summed E-state index contributed by atoms with van der Waals surface area (Å²) in [5.74, 6) is 0.282. The topological polar surface area (TPSA) is 101 Å². The van der Waals surface area contributed by atoms with Crippen LogP contribution in [0.5, 0.6) is 0 Å². The summed E-state index contributed by atoms with van der Waals surface area (Å²) < 4.78 is 31.3. The van der Waals surface area contributed by atoms with Crippen LogP contribution in [0.25, 0.3) is 0 Å². The molecular weight excluding hydrogens is 330 g/mol. The molecule has 1 aromatic heterocycles. The summed E-state index contributed by atoms with van der Waals surface area (Å²) in [4.78, 5) is 12.0. The molecule has 2 aromatic rings. The Bertz CT molecular complexity index is 772. The van der Waals surface area contributed by atoms with Gasteiger partial charge in [-0.2, -0.15) is 0 Å². The zero-order valence-electron chi connectivity index (χ0n) is 13.7. The van der Waals surface area contributed by atoms with E-state index in [1.165, 1.54) is 6.92 Å². The molecule has 130 valence electrons. The number of rotatable bonds is 8. The number of aromatic nitrogens is 1.